The van der Waals surface area contributed by atoms with Gasteiger partial charge < -0.3 is 20.5 Å². The maximum absolute atomic E-state index is 12.5. The largest absolute Gasteiger partial charge is 0.404 e. The molecule has 1 aromatic heterocycles. The molecule has 1 aliphatic carbocycles. The van der Waals surface area contributed by atoms with Crippen molar-refractivity contribution in [2.75, 3.05) is 31.2 Å². The van der Waals surface area contributed by atoms with Crippen molar-refractivity contribution in [3.8, 4) is 0 Å². The number of ketones is 1. The smallest absolute Gasteiger partial charge is 0.165 e. The van der Waals surface area contributed by atoms with E-state index in [9.17, 15) is 9.90 Å². The minimum atomic E-state index is -0.925. The summed E-state index contributed by atoms with van der Waals surface area (Å²) < 4.78 is 5.89. The predicted octanol–water partition coefficient (Wildman–Crippen LogP) is 5.11. The van der Waals surface area contributed by atoms with E-state index in [4.69, 9.17) is 20.4 Å². The van der Waals surface area contributed by atoms with Gasteiger partial charge in [-0.2, -0.15) is 0 Å². The van der Waals surface area contributed by atoms with Crippen LogP contribution in [0.2, 0.25) is 0 Å². The van der Waals surface area contributed by atoms with Crippen LogP contribution in [0, 0.1) is 5.92 Å². The number of aromatic nitrogens is 2. The highest BCUT2D eigenvalue weighted by molar-refractivity contribution is 6.09. The number of aliphatic imine (C=N–C) groups is 1. The molecule has 1 aliphatic heterocycles. The summed E-state index contributed by atoms with van der Waals surface area (Å²) in [5.41, 5.74) is 9.24. The topological polar surface area (TPSA) is 114 Å². The first-order valence-corrected chi connectivity index (χ1v) is 14.3. The van der Waals surface area contributed by atoms with E-state index in [0.717, 1.165) is 46.4 Å². The first-order chi connectivity index (χ1) is 19.1. The Morgan fingerprint density at radius 1 is 1.27 bits per heavy atom. The van der Waals surface area contributed by atoms with E-state index in [-0.39, 0.29) is 18.4 Å². The van der Waals surface area contributed by atoms with Gasteiger partial charge in [0.1, 0.15) is 5.82 Å². The van der Waals surface area contributed by atoms with Crippen LogP contribution in [-0.4, -0.2) is 65.0 Å². The SMILES string of the molecule is C/C=C(\C=C(\C)C(=O)CCC)c1ccc2nc(/C(C=NCC(C)(C)O)=C/N)nc(N3CCOC[C@@H]3C3CC3)c2c1. The molecular formula is C32H43N5O3. The van der Waals surface area contributed by atoms with Crippen molar-refractivity contribution in [2.24, 2.45) is 16.6 Å². The minimum Gasteiger partial charge on any atom is -0.404 e. The lowest BCUT2D eigenvalue weighted by Gasteiger charge is -2.37. The van der Waals surface area contributed by atoms with Crippen LogP contribution in [-0.2, 0) is 9.53 Å². The number of Topliss-reactive ketones (excluding diaryl/α,β-unsaturated/α-hetero) is 1. The third-order valence-corrected chi connectivity index (χ3v) is 7.36. The zero-order valence-corrected chi connectivity index (χ0v) is 24.5. The summed E-state index contributed by atoms with van der Waals surface area (Å²) in [5.74, 6) is 2.11. The molecule has 2 fully saturated rings. The first kappa shape index (κ1) is 29.6. The molecule has 8 heteroatoms. The molecule has 0 bridgehead atoms. The number of carbonyl (C=O) groups excluding carboxylic acids is 1. The molecule has 2 aromatic rings. The standard InChI is InChI=1S/C32H43N5O3/c1-6-8-29(38)21(3)15-22(7-2)24-11-12-27-26(16-24)31(37-13-14-40-19-28(37)23-9-10-23)36-30(35-27)25(17-33)18-34-20-32(4,5)39/h7,11-12,15-18,23,28,39H,6,8-10,13-14,19-20,33H2,1-5H3/b21-15-,22-7+,25-17+,34-18?/t28-/m1/s1. The van der Waals surface area contributed by atoms with Crippen molar-refractivity contribution < 1.29 is 14.6 Å². The van der Waals surface area contributed by atoms with Crippen molar-refractivity contribution in [1.82, 2.24) is 9.97 Å². The van der Waals surface area contributed by atoms with Crippen LogP contribution >= 0.6 is 0 Å². The molecule has 3 N–H and O–H groups in total. The maximum Gasteiger partial charge on any atom is 0.165 e. The van der Waals surface area contributed by atoms with Crippen molar-refractivity contribution in [3.05, 3.63) is 53.5 Å². The van der Waals surface area contributed by atoms with Gasteiger partial charge in [0, 0.05) is 30.8 Å². The van der Waals surface area contributed by atoms with Gasteiger partial charge >= 0.3 is 0 Å². The average Bonchev–Trinajstić information content (AvgIpc) is 3.78. The van der Waals surface area contributed by atoms with Gasteiger partial charge in [0.15, 0.2) is 11.6 Å². The summed E-state index contributed by atoms with van der Waals surface area (Å²) in [7, 11) is 0. The molecule has 2 aliphatic rings. The molecule has 1 saturated heterocycles. The molecule has 1 aromatic carbocycles. The number of benzene rings is 1. The third-order valence-electron chi connectivity index (χ3n) is 7.36. The number of hydrogen-bond donors (Lipinski definition) is 2. The van der Waals surface area contributed by atoms with E-state index in [1.165, 1.54) is 19.0 Å². The van der Waals surface area contributed by atoms with Crippen LogP contribution in [0.3, 0.4) is 0 Å². The Balaban J connectivity index is 1.82. The Morgan fingerprint density at radius 2 is 2.05 bits per heavy atom. The van der Waals surface area contributed by atoms with E-state index >= 15 is 0 Å². The number of anilines is 1. The minimum absolute atomic E-state index is 0.171. The van der Waals surface area contributed by atoms with Crippen molar-refractivity contribution >= 4 is 39.9 Å². The fourth-order valence-electron chi connectivity index (χ4n) is 5.01. The predicted molar refractivity (Wildman–Crippen MR) is 163 cm³/mol. The fourth-order valence-corrected chi connectivity index (χ4v) is 5.01. The molecule has 0 radical (unpaired) electrons. The van der Waals surface area contributed by atoms with Crippen molar-refractivity contribution in [1.29, 1.82) is 0 Å². The molecule has 0 unspecified atom stereocenters. The Kier molecular flexibility index (Phi) is 9.53. The van der Waals surface area contributed by atoms with E-state index in [2.05, 4.69) is 16.0 Å². The number of ether oxygens (including phenoxy) is 1. The number of hydrogen-bond acceptors (Lipinski definition) is 8. The number of nitrogens with zero attached hydrogens (tertiary/aromatic N) is 4. The van der Waals surface area contributed by atoms with Gasteiger partial charge in [-0.25, -0.2) is 9.97 Å². The Bertz CT molecular complexity index is 1350. The molecule has 1 atom stereocenters. The van der Waals surface area contributed by atoms with Crippen molar-refractivity contribution in [3.63, 3.8) is 0 Å². The number of allylic oxidation sites excluding steroid dienone is 5. The van der Waals surface area contributed by atoms with Crippen molar-refractivity contribution in [2.45, 2.75) is 71.9 Å². The van der Waals surface area contributed by atoms with Crippen LogP contribution in [0.5, 0.6) is 0 Å². The maximum atomic E-state index is 12.5. The average molecular weight is 546 g/mol. The summed E-state index contributed by atoms with van der Waals surface area (Å²) in [4.78, 5) is 29.2. The highest BCUT2D eigenvalue weighted by Crippen LogP contribution is 2.40. The second-order valence-electron chi connectivity index (χ2n) is 11.4. The zero-order chi connectivity index (χ0) is 28.9. The molecule has 8 nitrogen and oxygen atoms in total. The van der Waals surface area contributed by atoms with Gasteiger partial charge in [0.25, 0.3) is 0 Å². The second-order valence-corrected chi connectivity index (χ2v) is 11.4. The lowest BCUT2D eigenvalue weighted by atomic mass is 9.98. The van der Waals surface area contributed by atoms with E-state index in [1.807, 2.05) is 45.1 Å². The van der Waals surface area contributed by atoms with Crippen LogP contribution in [0.1, 0.15) is 71.7 Å². The van der Waals surface area contributed by atoms with Gasteiger partial charge in [0.05, 0.1) is 42.5 Å². The van der Waals surface area contributed by atoms with Crippen LogP contribution in [0.4, 0.5) is 5.82 Å². The molecule has 0 amide bonds. The zero-order valence-electron chi connectivity index (χ0n) is 24.5. The first-order valence-electron chi connectivity index (χ1n) is 14.3. The normalized spacial score (nSPS) is 19.6. The molecule has 0 spiro atoms. The molecule has 40 heavy (non-hydrogen) atoms. The molecule has 2 heterocycles. The molecule has 1 saturated carbocycles. The summed E-state index contributed by atoms with van der Waals surface area (Å²) >= 11 is 0. The van der Waals surface area contributed by atoms with Crippen LogP contribution < -0.4 is 10.6 Å². The summed E-state index contributed by atoms with van der Waals surface area (Å²) in [6, 6.07) is 6.44. The Labute approximate surface area is 237 Å². The highest BCUT2D eigenvalue weighted by Gasteiger charge is 2.38. The van der Waals surface area contributed by atoms with E-state index < -0.39 is 5.60 Å². The Hall–Kier alpha value is -3.36. The number of rotatable bonds is 11. The second kappa shape index (κ2) is 12.9. The fraction of sp³-hybridized carbons (Fsp3) is 0.500. The van der Waals surface area contributed by atoms with Crippen LogP contribution in [0.15, 0.2) is 47.1 Å². The van der Waals surface area contributed by atoms with Gasteiger partial charge in [-0.05, 0) is 87.8 Å². The van der Waals surface area contributed by atoms with Gasteiger partial charge in [-0.3, -0.25) is 9.79 Å². The van der Waals surface area contributed by atoms with Crippen LogP contribution in [0.25, 0.3) is 22.0 Å². The summed E-state index contributed by atoms with van der Waals surface area (Å²) in [5, 5.41) is 11.0. The van der Waals surface area contributed by atoms with E-state index in [0.29, 0.717) is 37.0 Å². The number of nitrogens with two attached hydrogens (primary N) is 1. The lowest BCUT2D eigenvalue weighted by molar-refractivity contribution is -0.115. The van der Waals surface area contributed by atoms with Gasteiger partial charge in [0.2, 0.25) is 0 Å². The number of fused-ring (bicyclic) bond motifs is 1. The summed E-state index contributed by atoms with van der Waals surface area (Å²) in [6.45, 7) is 11.6. The monoisotopic (exact) mass is 545 g/mol. The molecule has 4 rings (SSSR count). The third kappa shape index (κ3) is 7.23. The summed E-state index contributed by atoms with van der Waals surface area (Å²) in [6.07, 6.45) is 10.9. The lowest BCUT2D eigenvalue weighted by Crippen LogP contribution is -2.47. The number of carbonyl (C=O) groups is 1. The quantitative estimate of drug-likeness (QED) is 0.229. The Morgan fingerprint density at radius 3 is 2.70 bits per heavy atom. The molecule has 214 valence electrons. The number of morpholine rings is 1. The van der Waals surface area contributed by atoms with E-state index in [1.54, 1.807) is 20.1 Å². The highest BCUT2D eigenvalue weighted by atomic mass is 16.5. The number of aliphatic hydroxyl groups is 1. The van der Waals surface area contributed by atoms with Gasteiger partial charge in [-0.15, -0.1) is 0 Å². The van der Waals surface area contributed by atoms with Gasteiger partial charge in [-0.1, -0.05) is 19.1 Å². The molecular weight excluding hydrogens is 502 g/mol.